The van der Waals surface area contributed by atoms with Crippen molar-refractivity contribution in [3.63, 3.8) is 0 Å². The molecular weight excluding hydrogens is 367 g/mol. The number of sulfonamides is 1. The Morgan fingerprint density at radius 1 is 1.15 bits per heavy atom. The summed E-state index contributed by atoms with van der Waals surface area (Å²) >= 11 is 0. The fraction of sp³-hybridized carbons (Fsp3) is 0.353. The third-order valence-corrected chi connectivity index (χ3v) is 5.10. The van der Waals surface area contributed by atoms with Gasteiger partial charge in [0.05, 0.1) is 28.4 Å². The van der Waals surface area contributed by atoms with Gasteiger partial charge in [-0.15, -0.1) is 0 Å². The van der Waals surface area contributed by atoms with Crippen molar-refractivity contribution in [2.24, 2.45) is 5.14 Å². The summed E-state index contributed by atoms with van der Waals surface area (Å²) in [6, 6.07) is 7.05. The molecule has 26 heavy (non-hydrogen) atoms. The van der Waals surface area contributed by atoms with Crippen LogP contribution in [0.15, 0.2) is 41.3 Å². The van der Waals surface area contributed by atoms with Crippen LogP contribution in [0.3, 0.4) is 0 Å². The molecule has 0 amide bonds. The number of rotatable bonds is 4. The van der Waals surface area contributed by atoms with Crippen LogP contribution in [0.4, 0.5) is 13.2 Å². The van der Waals surface area contributed by atoms with Crippen LogP contribution in [0, 0.1) is 0 Å². The first-order valence-corrected chi connectivity index (χ1v) is 9.66. The van der Waals surface area contributed by atoms with Gasteiger partial charge in [0.1, 0.15) is 0 Å². The molecule has 2 aromatic rings. The van der Waals surface area contributed by atoms with Crippen molar-refractivity contribution >= 4 is 15.6 Å². The number of benzene rings is 1. The summed E-state index contributed by atoms with van der Waals surface area (Å²) in [5, 5.41) is 9.19. The Morgan fingerprint density at radius 3 is 2.38 bits per heavy atom. The minimum absolute atomic E-state index is 0.0673. The van der Waals surface area contributed by atoms with E-state index in [1.165, 1.54) is 35.0 Å². The van der Waals surface area contributed by atoms with Crippen LogP contribution in [0.25, 0.3) is 11.3 Å². The summed E-state index contributed by atoms with van der Waals surface area (Å²) in [4.78, 5) is -0.0673. The second-order valence-electron chi connectivity index (χ2n) is 6.24. The molecule has 1 aromatic heterocycles. The van der Waals surface area contributed by atoms with Crippen molar-refractivity contribution in [2.45, 2.75) is 43.2 Å². The zero-order chi connectivity index (χ0) is 18.9. The molecule has 2 N–H and O–H groups in total. The van der Waals surface area contributed by atoms with Crippen LogP contribution in [0.2, 0.25) is 0 Å². The fourth-order valence-electron chi connectivity index (χ4n) is 3.00. The van der Waals surface area contributed by atoms with Gasteiger partial charge in [0.15, 0.2) is 0 Å². The second-order valence-corrected chi connectivity index (χ2v) is 7.80. The molecule has 1 aliphatic rings. The molecule has 1 aromatic carbocycles. The third kappa shape index (κ3) is 4.34. The highest BCUT2D eigenvalue weighted by molar-refractivity contribution is 7.89. The number of aromatic nitrogens is 2. The Morgan fingerprint density at radius 2 is 1.85 bits per heavy atom. The minimum atomic E-state index is -4.35. The SMILES string of the molecule is NS(=O)(=O)c1ccc(-n2nc(CC(F)(F)F)cc2C2=CCCCC2)cc1. The molecule has 5 nitrogen and oxygen atoms in total. The Hall–Kier alpha value is -2.13. The number of halogens is 3. The standard InChI is InChI=1S/C17H18F3N3O2S/c18-17(19,20)11-13-10-16(12-4-2-1-3-5-12)23(22-13)14-6-8-15(9-7-14)26(21,24)25/h4,6-10H,1-3,5,11H2,(H2,21,24,25). The first-order chi connectivity index (χ1) is 12.1. The summed E-state index contributed by atoms with van der Waals surface area (Å²) < 4.78 is 62.5. The van der Waals surface area contributed by atoms with Crippen molar-refractivity contribution in [3.8, 4) is 5.69 Å². The highest BCUT2D eigenvalue weighted by atomic mass is 32.2. The molecule has 0 bridgehead atoms. The molecule has 0 saturated heterocycles. The van der Waals surface area contributed by atoms with Gasteiger partial charge in [-0.05, 0) is 61.6 Å². The second kappa shape index (κ2) is 6.88. The summed E-state index contributed by atoms with van der Waals surface area (Å²) in [7, 11) is -3.84. The van der Waals surface area contributed by atoms with E-state index in [4.69, 9.17) is 5.14 Å². The van der Waals surface area contributed by atoms with Crippen molar-refractivity contribution < 1.29 is 21.6 Å². The Kier molecular flexibility index (Phi) is 4.94. The molecule has 9 heteroatoms. The number of allylic oxidation sites excluding steroid dienone is 2. The maximum atomic E-state index is 12.8. The van der Waals surface area contributed by atoms with Crippen molar-refractivity contribution in [1.29, 1.82) is 0 Å². The third-order valence-electron chi connectivity index (χ3n) is 4.17. The van der Waals surface area contributed by atoms with E-state index in [0.717, 1.165) is 31.3 Å². The van der Waals surface area contributed by atoms with Crippen molar-refractivity contribution in [1.82, 2.24) is 9.78 Å². The molecule has 1 aliphatic carbocycles. The molecule has 0 atom stereocenters. The maximum Gasteiger partial charge on any atom is 0.394 e. The topological polar surface area (TPSA) is 78.0 Å². The van der Waals surface area contributed by atoms with Gasteiger partial charge in [0, 0.05) is 0 Å². The predicted octanol–water partition coefficient (Wildman–Crippen LogP) is 3.58. The summed E-state index contributed by atoms with van der Waals surface area (Å²) in [5.41, 5.74) is 1.96. The van der Waals surface area contributed by atoms with Gasteiger partial charge in [-0.3, -0.25) is 0 Å². The molecule has 0 saturated carbocycles. The van der Waals surface area contributed by atoms with Crippen LogP contribution >= 0.6 is 0 Å². The van der Waals surface area contributed by atoms with E-state index in [1.54, 1.807) is 0 Å². The lowest BCUT2D eigenvalue weighted by Gasteiger charge is -2.14. The van der Waals surface area contributed by atoms with Crippen LogP contribution in [-0.4, -0.2) is 24.4 Å². The lowest BCUT2D eigenvalue weighted by Crippen LogP contribution is -2.13. The van der Waals surface area contributed by atoms with Gasteiger partial charge in [-0.25, -0.2) is 18.2 Å². The van der Waals surface area contributed by atoms with Gasteiger partial charge < -0.3 is 0 Å². The Bertz CT molecular complexity index is 929. The van der Waals surface area contributed by atoms with Gasteiger partial charge in [-0.2, -0.15) is 18.3 Å². The summed E-state index contributed by atoms with van der Waals surface area (Å²) in [6.45, 7) is 0. The zero-order valence-corrected chi connectivity index (χ0v) is 14.6. The first-order valence-electron chi connectivity index (χ1n) is 8.12. The highest BCUT2D eigenvalue weighted by Gasteiger charge is 2.30. The molecule has 0 unspecified atom stereocenters. The summed E-state index contributed by atoms with van der Waals surface area (Å²) in [6.07, 6.45) is 0.218. The van der Waals surface area contributed by atoms with Gasteiger partial charge in [-0.1, -0.05) is 6.08 Å². The van der Waals surface area contributed by atoms with Gasteiger partial charge in [0.2, 0.25) is 10.0 Å². The smallest absolute Gasteiger partial charge is 0.233 e. The van der Waals surface area contributed by atoms with E-state index in [2.05, 4.69) is 5.10 Å². The number of hydrogen-bond acceptors (Lipinski definition) is 3. The molecule has 1 heterocycles. The zero-order valence-electron chi connectivity index (χ0n) is 13.8. The monoisotopic (exact) mass is 385 g/mol. The maximum absolute atomic E-state index is 12.8. The minimum Gasteiger partial charge on any atom is -0.233 e. The van der Waals surface area contributed by atoms with Crippen molar-refractivity contribution in [2.75, 3.05) is 0 Å². The van der Waals surface area contributed by atoms with Crippen LogP contribution in [0.5, 0.6) is 0 Å². The highest BCUT2D eigenvalue weighted by Crippen LogP contribution is 2.31. The molecule has 0 radical (unpaired) electrons. The lowest BCUT2D eigenvalue weighted by molar-refractivity contribution is -0.127. The summed E-state index contributed by atoms with van der Waals surface area (Å²) in [5.74, 6) is 0. The average Bonchev–Trinajstić information content (AvgIpc) is 2.97. The molecule has 3 rings (SSSR count). The van der Waals surface area contributed by atoms with E-state index in [9.17, 15) is 21.6 Å². The number of nitrogens with zero attached hydrogens (tertiary/aromatic N) is 2. The molecular formula is C17H18F3N3O2S. The van der Waals surface area contributed by atoms with E-state index < -0.39 is 22.6 Å². The normalized spacial score (nSPS) is 15.8. The van der Waals surface area contributed by atoms with Crippen LogP contribution < -0.4 is 5.14 Å². The number of primary sulfonamides is 1. The van der Waals surface area contributed by atoms with Gasteiger partial charge >= 0.3 is 6.18 Å². The van der Waals surface area contributed by atoms with Gasteiger partial charge in [0.25, 0.3) is 0 Å². The number of alkyl halides is 3. The molecule has 0 fully saturated rings. The quantitative estimate of drug-likeness (QED) is 0.874. The fourth-order valence-corrected chi connectivity index (χ4v) is 3.51. The molecule has 0 spiro atoms. The molecule has 0 aliphatic heterocycles. The Balaban J connectivity index is 2.05. The predicted molar refractivity (Wildman–Crippen MR) is 91.1 cm³/mol. The van der Waals surface area contributed by atoms with Crippen molar-refractivity contribution in [3.05, 3.63) is 47.8 Å². The Labute approximate surface area is 149 Å². The largest absolute Gasteiger partial charge is 0.394 e. The number of nitrogens with two attached hydrogens (primary N) is 1. The van der Waals surface area contributed by atoms with Crippen LogP contribution in [0.1, 0.15) is 37.1 Å². The molecule has 140 valence electrons. The first kappa shape index (κ1) is 18.7. The van der Waals surface area contributed by atoms with E-state index >= 15 is 0 Å². The average molecular weight is 385 g/mol. The lowest BCUT2D eigenvalue weighted by atomic mass is 9.97. The van der Waals surface area contributed by atoms with Crippen LogP contribution in [-0.2, 0) is 16.4 Å². The van der Waals surface area contributed by atoms with E-state index in [-0.39, 0.29) is 10.6 Å². The van der Waals surface area contributed by atoms with E-state index in [0.29, 0.717) is 11.4 Å². The number of hydrogen-bond donors (Lipinski definition) is 1. The van der Waals surface area contributed by atoms with E-state index in [1.807, 2.05) is 6.08 Å².